The van der Waals surface area contributed by atoms with Crippen LogP contribution in [0, 0.1) is 6.92 Å². The van der Waals surface area contributed by atoms with E-state index in [4.69, 9.17) is 4.74 Å². The van der Waals surface area contributed by atoms with Gasteiger partial charge in [-0.25, -0.2) is 0 Å². The molecular formula is C13H18N6O2. The maximum Gasteiger partial charge on any atom is 0.274 e. The summed E-state index contributed by atoms with van der Waals surface area (Å²) in [6.45, 7) is 1.82. The van der Waals surface area contributed by atoms with Gasteiger partial charge in [0.2, 0.25) is 0 Å². The van der Waals surface area contributed by atoms with Gasteiger partial charge in [-0.3, -0.25) is 14.6 Å². The summed E-state index contributed by atoms with van der Waals surface area (Å²) in [5.41, 5.74) is 1.12. The Labute approximate surface area is 121 Å². The van der Waals surface area contributed by atoms with E-state index in [0.717, 1.165) is 25.0 Å². The van der Waals surface area contributed by atoms with Crippen LogP contribution in [0.1, 0.15) is 35.4 Å². The number of hydrogen-bond acceptors (Lipinski definition) is 5. The number of H-pyrrole nitrogens is 1. The van der Waals surface area contributed by atoms with E-state index in [9.17, 15) is 4.79 Å². The smallest absolute Gasteiger partial charge is 0.274 e. The number of rotatable bonds is 4. The molecule has 1 aliphatic carbocycles. The Bertz CT molecular complexity index is 621. The first-order chi connectivity index (χ1) is 10.1. The Morgan fingerprint density at radius 2 is 2.38 bits per heavy atom. The van der Waals surface area contributed by atoms with Crippen LogP contribution in [0.15, 0.2) is 12.4 Å². The monoisotopic (exact) mass is 290 g/mol. The molecule has 3 rings (SSSR count). The van der Waals surface area contributed by atoms with Crippen molar-refractivity contribution >= 4 is 5.91 Å². The number of nitrogens with one attached hydrogen (secondary N) is 2. The third-order valence-corrected chi connectivity index (χ3v) is 3.85. The van der Waals surface area contributed by atoms with Gasteiger partial charge in [0.25, 0.3) is 5.91 Å². The highest BCUT2D eigenvalue weighted by atomic mass is 16.5. The second kappa shape index (κ2) is 5.55. The van der Waals surface area contributed by atoms with Crippen LogP contribution in [-0.2, 0) is 7.05 Å². The van der Waals surface area contributed by atoms with E-state index >= 15 is 0 Å². The minimum atomic E-state index is -0.201. The molecule has 2 aromatic heterocycles. The molecule has 8 heteroatoms. The number of aryl methyl sites for hydroxylation is 1. The third kappa shape index (κ3) is 2.74. The second-order valence-electron chi connectivity index (χ2n) is 5.25. The maximum absolute atomic E-state index is 12.3. The van der Waals surface area contributed by atoms with Crippen molar-refractivity contribution in [2.75, 3.05) is 0 Å². The van der Waals surface area contributed by atoms with Crippen LogP contribution in [-0.4, -0.2) is 43.2 Å². The molecule has 1 aliphatic rings. The fourth-order valence-electron chi connectivity index (χ4n) is 2.56. The van der Waals surface area contributed by atoms with Crippen molar-refractivity contribution in [1.29, 1.82) is 0 Å². The molecule has 8 nitrogen and oxygen atoms in total. The van der Waals surface area contributed by atoms with Crippen molar-refractivity contribution in [3.05, 3.63) is 23.8 Å². The summed E-state index contributed by atoms with van der Waals surface area (Å²) in [5, 5.41) is 17.3. The van der Waals surface area contributed by atoms with Crippen molar-refractivity contribution < 1.29 is 9.53 Å². The van der Waals surface area contributed by atoms with E-state index in [0.29, 0.717) is 11.4 Å². The molecule has 2 aromatic rings. The fraction of sp³-hybridized carbons (Fsp3) is 0.538. The maximum atomic E-state index is 12.3. The van der Waals surface area contributed by atoms with Gasteiger partial charge in [0.15, 0.2) is 11.4 Å². The molecular weight excluding hydrogens is 272 g/mol. The number of carbonyl (C=O) groups is 1. The summed E-state index contributed by atoms with van der Waals surface area (Å²) in [5.74, 6) is 0.491. The molecule has 0 unspecified atom stereocenters. The molecule has 0 radical (unpaired) electrons. The molecule has 0 bridgehead atoms. The van der Waals surface area contributed by atoms with E-state index in [1.165, 1.54) is 0 Å². The number of hydrogen-bond donors (Lipinski definition) is 2. The molecule has 0 spiro atoms. The molecule has 2 heterocycles. The first-order valence-electron chi connectivity index (χ1n) is 6.97. The summed E-state index contributed by atoms with van der Waals surface area (Å²) < 4.78 is 7.44. The van der Waals surface area contributed by atoms with Crippen molar-refractivity contribution in [2.45, 2.75) is 38.3 Å². The Morgan fingerprint density at radius 1 is 1.52 bits per heavy atom. The minimum Gasteiger partial charge on any atom is -0.485 e. The Kier molecular flexibility index (Phi) is 3.59. The summed E-state index contributed by atoms with van der Waals surface area (Å²) in [4.78, 5) is 12.3. The lowest BCUT2D eigenvalue weighted by Crippen LogP contribution is -2.42. The lowest BCUT2D eigenvalue weighted by molar-refractivity contribution is 0.0888. The Balaban J connectivity index is 1.66. The van der Waals surface area contributed by atoms with Gasteiger partial charge in [-0.05, 0) is 26.2 Å². The van der Waals surface area contributed by atoms with Gasteiger partial charge in [-0.2, -0.15) is 5.10 Å². The standard InChI is InChI=1S/C13H18N6O2/c1-8-12(17-18-19(8)2)13(20)16-10-4-3-5-11(10)21-9-6-14-15-7-9/h6-7,10-11H,3-5H2,1-2H3,(H,14,15)(H,16,20)/t10-,11+/m0/s1. The molecule has 0 saturated heterocycles. The van der Waals surface area contributed by atoms with Crippen molar-refractivity contribution in [3.63, 3.8) is 0 Å². The highest BCUT2D eigenvalue weighted by Crippen LogP contribution is 2.24. The van der Waals surface area contributed by atoms with Gasteiger partial charge in [-0.1, -0.05) is 5.21 Å². The van der Waals surface area contributed by atoms with Gasteiger partial charge in [0, 0.05) is 7.05 Å². The van der Waals surface area contributed by atoms with E-state index in [-0.39, 0.29) is 18.1 Å². The molecule has 1 fully saturated rings. The van der Waals surface area contributed by atoms with E-state index in [1.54, 1.807) is 24.1 Å². The number of amides is 1. The number of aromatic nitrogens is 5. The Morgan fingerprint density at radius 3 is 3.05 bits per heavy atom. The molecule has 2 atom stereocenters. The lowest BCUT2D eigenvalue weighted by atomic mass is 10.2. The van der Waals surface area contributed by atoms with Gasteiger partial charge in [-0.15, -0.1) is 5.10 Å². The van der Waals surface area contributed by atoms with Crippen LogP contribution in [0.5, 0.6) is 5.75 Å². The third-order valence-electron chi connectivity index (χ3n) is 3.85. The van der Waals surface area contributed by atoms with Crippen molar-refractivity contribution in [2.24, 2.45) is 7.05 Å². The van der Waals surface area contributed by atoms with E-state index in [1.807, 2.05) is 6.92 Å². The van der Waals surface area contributed by atoms with E-state index < -0.39 is 0 Å². The summed E-state index contributed by atoms with van der Waals surface area (Å²) >= 11 is 0. The van der Waals surface area contributed by atoms with Gasteiger partial charge in [0.05, 0.1) is 24.1 Å². The molecule has 1 amide bonds. The summed E-state index contributed by atoms with van der Waals surface area (Å²) in [6, 6.07) is -0.0196. The highest BCUT2D eigenvalue weighted by molar-refractivity contribution is 5.93. The molecule has 1 saturated carbocycles. The fourth-order valence-corrected chi connectivity index (χ4v) is 2.56. The van der Waals surface area contributed by atoms with Gasteiger partial charge >= 0.3 is 0 Å². The van der Waals surface area contributed by atoms with Crippen LogP contribution in [0.2, 0.25) is 0 Å². The first kappa shape index (κ1) is 13.6. The predicted octanol–water partition coefficient (Wildman–Crippen LogP) is 0.577. The Hall–Kier alpha value is -2.38. The molecule has 0 aliphatic heterocycles. The number of aromatic amines is 1. The number of nitrogens with zero attached hydrogens (tertiary/aromatic N) is 4. The largest absolute Gasteiger partial charge is 0.485 e. The number of carbonyl (C=O) groups excluding carboxylic acids is 1. The van der Waals surface area contributed by atoms with Gasteiger partial charge in [0.1, 0.15) is 6.10 Å². The first-order valence-corrected chi connectivity index (χ1v) is 6.97. The van der Waals surface area contributed by atoms with Crippen molar-refractivity contribution in [1.82, 2.24) is 30.5 Å². The second-order valence-corrected chi connectivity index (χ2v) is 5.25. The topological polar surface area (TPSA) is 97.7 Å². The van der Waals surface area contributed by atoms with Crippen molar-refractivity contribution in [3.8, 4) is 5.75 Å². The molecule has 21 heavy (non-hydrogen) atoms. The van der Waals surface area contributed by atoms with Crippen LogP contribution >= 0.6 is 0 Å². The average Bonchev–Trinajstić information content (AvgIpc) is 3.17. The molecule has 0 aromatic carbocycles. The zero-order chi connectivity index (χ0) is 14.8. The number of ether oxygens (including phenoxy) is 1. The van der Waals surface area contributed by atoms with Gasteiger partial charge < -0.3 is 10.1 Å². The average molecular weight is 290 g/mol. The SMILES string of the molecule is Cc1c(C(=O)N[C@H]2CCC[C@H]2Oc2cn[nH]c2)nnn1C. The summed E-state index contributed by atoms with van der Waals surface area (Å²) in [6.07, 6.45) is 6.12. The van der Waals surface area contributed by atoms with Crippen LogP contribution in [0.4, 0.5) is 0 Å². The van der Waals surface area contributed by atoms with Crippen LogP contribution in [0.3, 0.4) is 0 Å². The highest BCUT2D eigenvalue weighted by Gasteiger charge is 2.31. The van der Waals surface area contributed by atoms with Crippen LogP contribution in [0.25, 0.3) is 0 Å². The normalized spacial score (nSPS) is 21.4. The molecule has 2 N–H and O–H groups in total. The van der Waals surface area contributed by atoms with Crippen LogP contribution < -0.4 is 10.1 Å². The summed E-state index contributed by atoms with van der Waals surface area (Å²) in [7, 11) is 1.76. The predicted molar refractivity (Wildman–Crippen MR) is 73.8 cm³/mol. The zero-order valence-electron chi connectivity index (χ0n) is 12.0. The minimum absolute atomic E-state index is 0.0196. The van der Waals surface area contributed by atoms with E-state index in [2.05, 4.69) is 25.8 Å². The zero-order valence-corrected chi connectivity index (χ0v) is 12.0. The molecule has 112 valence electrons. The quantitative estimate of drug-likeness (QED) is 0.858. The lowest BCUT2D eigenvalue weighted by Gasteiger charge is -2.21.